The number of nitrogens with zero attached hydrogens (tertiary/aromatic N) is 1. The topological polar surface area (TPSA) is 59.1 Å². The zero-order valence-electron chi connectivity index (χ0n) is 8.04. The molecular weight excluding hydrogens is 209 g/mol. The van der Waals surface area contributed by atoms with E-state index in [1.54, 1.807) is 0 Å². The van der Waals surface area contributed by atoms with Crippen LogP contribution in [0, 0.1) is 0 Å². The molecule has 6 heteroatoms. The van der Waals surface area contributed by atoms with Crippen molar-refractivity contribution in [3.05, 3.63) is 29.6 Å². The van der Waals surface area contributed by atoms with Gasteiger partial charge in [-0.15, -0.1) is 0 Å². The van der Waals surface area contributed by atoms with Gasteiger partial charge in [0.25, 0.3) is 0 Å². The van der Waals surface area contributed by atoms with Gasteiger partial charge in [0.2, 0.25) is 0 Å². The summed E-state index contributed by atoms with van der Waals surface area (Å²) in [5.74, 6) is 0. The van der Waals surface area contributed by atoms with Gasteiger partial charge in [-0.05, 0) is 19.1 Å². The molecular formula is C9H11F3N2O. The number of aliphatic hydroxyl groups is 1. The molecule has 0 radical (unpaired) electrons. The minimum atomic E-state index is -4.41. The van der Waals surface area contributed by atoms with Gasteiger partial charge in [0, 0.05) is 6.20 Å². The smallest absolute Gasteiger partial charge is 0.394 e. The Morgan fingerprint density at radius 1 is 1.40 bits per heavy atom. The predicted molar refractivity (Wildman–Crippen MR) is 47.9 cm³/mol. The van der Waals surface area contributed by atoms with Crippen LogP contribution in [0.4, 0.5) is 13.2 Å². The molecule has 0 aliphatic rings. The zero-order chi connectivity index (χ0) is 11.7. The minimum absolute atomic E-state index is 0.220. The summed E-state index contributed by atoms with van der Waals surface area (Å²) in [4.78, 5) is 3.58. The SMILES string of the molecule is CC(N)(CO)c1ccc(C(F)(F)F)cn1. The molecule has 1 unspecified atom stereocenters. The van der Waals surface area contributed by atoms with Crippen LogP contribution in [0.25, 0.3) is 0 Å². The second-order valence-corrected chi connectivity index (χ2v) is 3.51. The summed E-state index contributed by atoms with van der Waals surface area (Å²) >= 11 is 0. The third kappa shape index (κ3) is 2.66. The summed E-state index contributed by atoms with van der Waals surface area (Å²) in [6.45, 7) is 1.11. The molecule has 3 N–H and O–H groups in total. The number of rotatable bonds is 2. The highest BCUT2D eigenvalue weighted by atomic mass is 19.4. The van der Waals surface area contributed by atoms with Crippen LogP contribution in [-0.4, -0.2) is 16.7 Å². The number of alkyl halides is 3. The van der Waals surface area contributed by atoms with Crippen molar-refractivity contribution in [2.24, 2.45) is 5.73 Å². The maximum absolute atomic E-state index is 12.2. The summed E-state index contributed by atoms with van der Waals surface area (Å²) in [6, 6.07) is 2.06. The molecule has 1 aromatic heterocycles. The van der Waals surface area contributed by atoms with Crippen molar-refractivity contribution >= 4 is 0 Å². The van der Waals surface area contributed by atoms with Crippen LogP contribution in [0.1, 0.15) is 18.2 Å². The van der Waals surface area contributed by atoms with E-state index >= 15 is 0 Å². The molecule has 0 bridgehead atoms. The molecule has 1 rings (SSSR count). The van der Waals surface area contributed by atoms with Gasteiger partial charge < -0.3 is 10.8 Å². The molecule has 1 atom stereocenters. The number of nitrogens with two attached hydrogens (primary N) is 1. The second-order valence-electron chi connectivity index (χ2n) is 3.51. The van der Waals surface area contributed by atoms with Gasteiger partial charge >= 0.3 is 6.18 Å². The lowest BCUT2D eigenvalue weighted by Crippen LogP contribution is -2.37. The molecule has 0 aliphatic heterocycles. The number of hydrogen-bond donors (Lipinski definition) is 2. The molecule has 0 saturated heterocycles. The van der Waals surface area contributed by atoms with Crippen molar-refractivity contribution in [1.29, 1.82) is 0 Å². The van der Waals surface area contributed by atoms with E-state index in [4.69, 9.17) is 10.8 Å². The van der Waals surface area contributed by atoms with Gasteiger partial charge in [-0.1, -0.05) is 0 Å². The molecule has 0 aromatic carbocycles. The van der Waals surface area contributed by atoms with E-state index in [0.717, 1.165) is 6.07 Å². The Bertz CT molecular complexity index is 332. The third-order valence-electron chi connectivity index (χ3n) is 2.00. The number of halogens is 3. The Labute approximate surface area is 84.7 Å². The van der Waals surface area contributed by atoms with E-state index in [2.05, 4.69) is 4.98 Å². The van der Waals surface area contributed by atoms with Gasteiger partial charge in [0.15, 0.2) is 0 Å². The molecule has 15 heavy (non-hydrogen) atoms. The van der Waals surface area contributed by atoms with Crippen LogP contribution in [-0.2, 0) is 11.7 Å². The number of aliphatic hydroxyl groups excluding tert-OH is 1. The predicted octanol–water partition coefficient (Wildman–Crippen LogP) is 1.27. The van der Waals surface area contributed by atoms with Crippen LogP contribution >= 0.6 is 0 Å². The fraction of sp³-hybridized carbons (Fsp3) is 0.444. The quantitative estimate of drug-likeness (QED) is 0.789. The molecule has 0 fully saturated rings. The summed E-state index contributed by atoms with van der Waals surface area (Å²) in [5.41, 5.74) is 3.87. The third-order valence-corrected chi connectivity index (χ3v) is 2.00. The lowest BCUT2D eigenvalue weighted by atomic mass is 9.99. The van der Waals surface area contributed by atoms with Crippen LogP contribution in [0.5, 0.6) is 0 Å². The van der Waals surface area contributed by atoms with Crippen molar-refractivity contribution in [2.45, 2.75) is 18.6 Å². The van der Waals surface area contributed by atoms with Crippen molar-refractivity contribution in [3.63, 3.8) is 0 Å². The summed E-state index contributed by atoms with van der Waals surface area (Å²) in [7, 11) is 0. The highest BCUT2D eigenvalue weighted by Crippen LogP contribution is 2.29. The van der Waals surface area contributed by atoms with E-state index in [1.165, 1.54) is 13.0 Å². The maximum atomic E-state index is 12.2. The van der Waals surface area contributed by atoms with Gasteiger partial charge in [-0.25, -0.2) is 0 Å². The van der Waals surface area contributed by atoms with Crippen molar-refractivity contribution in [3.8, 4) is 0 Å². The van der Waals surface area contributed by atoms with Crippen LogP contribution < -0.4 is 5.73 Å². The lowest BCUT2D eigenvalue weighted by molar-refractivity contribution is -0.137. The van der Waals surface area contributed by atoms with Crippen LogP contribution in [0.2, 0.25) is 0 Å². The fourth-order valence-electron chi connectivity index (χ4n) is 0.980. The average Bonchev–Trinajstić information content (AvgIpc) is 2.17. The zero-order valence-corrected chi connectivity index (χ0v) is 8.04. The van der Waals surface area contributed by atoms with Crippen molar-refractivity contribution in [1.82, 2.24) is 4.98 Å². The van der Waals surface area contributed by atoms with Crippen molar-refractivity contribution < 1.29 is 18.3 Å². The van der Waals surface area contributed by atoms with Crippen LogP contribution in [0.15, 0.2) is 18.3 Å². The van der Waals surface area contributed by atoms with E-state index in [9.17, 15) is 13.2 Å². The first-order valence-corrected chi connectivity index (χ1v) is 4.21. The van der Waals surface area contributed by atoms with E-state index < -0.39 is 17.3 Å². The first kappa shape index (κ1) is 11.9. The summed E-state index contributed by atoms with van der Waals surface area (Å²) in [6.07, 6.45) is -3.70. The molecule has 0 spiro atoms. The average molecular weight is 220 g/mol. The first-order valence-electron chi connectivity index (χ1n) is 4.21. The molecule has 84 valence electrons. The Morgan fingerprint density at radius 2 is 2.00 bits per heavy atom. The molecule has 0 aliphatic carbocycles. The largest absolute Gasteiger partial charge is 0.417 e. The van der Waals surface area contributed by atoms with Gasteiger partial charge in [0.05, 0.1) is 23.4 Å². The maximum Gasteiger partial charge on any atom is 0.417 e. The first-order chi connectivity index (χ1) is 6.77. The Balaban J connectivity index is 3.01. The summed E-state index contributed by atoms with van der Waals surface area (Å²) < 4.78 is 36.5. The second kappa shape index (κ2) is 3.79. The normalized spacial score (nSPS) is 16.1. The Kier molecular flexibility index (Phi) is 3.01. The van der Waals surface area contributed by atoms with E-state index in [1.807, 2.05) is 0 Å². The molecule has 1 heterocycles. The number of aromatic nitrogens is 1. The summed E-state index contributed by atoms with van der Waals surface area (Å²) in [5, 5.41) is 8.89. The monoisotopic (exact) mass is 220 g/mol. The Hall–Kier alpha value is -1.14. The highest BCUT2D eigenvalue weighted by Gasteiger charge is 2.31. The standard InChI is InChI=1S/C9H11F3N2O/c1-8(13,5-15)7-3-2-6(4-14-7)9(10,11)12/h2-4,15H,5,13H2,1H3. The van der Waals surface area contributed by atoms with Crippen molar-refractivity contribution in [2.75, 3.05) is 6.61 Å². The number of hydrogen-bond acceptors (Lipinski definition) is 3. The highest BCUT2D eigenvalue weighted by molar-refractivity contribution is 5.21. The van der Waals surface area contributed by atoms with E-state index in [-0.39, 0.29) is 12.3 Å². The Morgan fingerprint density at radius 3 is 2.33 bits per heavy atom. The van der Waals surface area contributed by atoms with Gasteiger partial charge in [-0.3, -0.25) is 4.98 Å². The van der Waals surface area contributed by atoms with Crippen LogP contribution in [0.3, 0.4) is 0 Å². The van der Waals surface area contributed by atoms with Gasteiger partial charge in [-0.2, -0.15) is 13.2 Å². The fourth-order valence-corrected chi connectivity index (χ4v) is 0.980. The molecule has 1 aromatic rings. The molecule has 3 nitrogen and oxygen atoms in total. The lowest BCUT2D eigenvalue weighted by Gasteiger charge is -2.21. The minimum Gasteiger partial charge on any atom is -0.394 e. The number of pyridine rings is 1. The van der Waals surface area contributed by atoms with E-state index in [0.29, 0.717) is 6.20 Å². The van der Waals surface area contributed by atoms with Gasteiger partial charge in [0.1, 0.15) is 0 Å². The molecule has 0 amide bonds. The molecule has 0 saturated carbocycles.